The van der Waals surface area contributed by atoms with E-state index in [-0.39, 0.29) is 17.6 Å². The Morgan fingerprint density at radius 3 is 2.78 bits per heavy atom. The van der Waals surface area contributed by atoms with Crippen molar-refractivity contribution in [3.8, 4) is 11.5 Å². The van der Waals surface area contributed by atoms with Crippen molar-refractivity contribution >= 4 is 0 Å². The lowest BCUT2D eigenvalue weighted by Crippen LogP contribution is -2.44. The van der Waals surface area contributed by atoms with Crippen molar-refractivity contribution in [2.24, 2.45) is 0 Å². The molecule has 1 saturated heterocycles. The van der Waals surface area contributed by atoms with Crippen molar-refractivity contribution in [2.75, 3.05) is 20.7 Å². The van der Waals surface area contributed by atoms with E-state index in [0.717, 1.165) is 30.9 Å². The Labute approximate surface area is 138 Å². The van der Waals surface area contributed by atoms with Crippen LogP contribution in [0.3, 0.4) is 0 Å². The molecule has 0 spiro atoms. The molecular weight excluding hydrogens is 290 g/mol. The second kappa shape index (κ2) is 6.17. The Morgan fingerprint density at radius 2 is 2.09 bits per heavy atom. The van der Waals surface area contributed by atoms with Gasteiger partial charge in [-0.3, -0.25) is 0 Å². The average Bonchev–Trinajstić information content (AvgIpc) is 2.85. The number of methoxy groups -OCH3 is 1. The Balaban J connectivity index is 2.01. The first-order chi connectivity index (χ1) is 11.0. The number of aliphatic hydroxyl groups excluding tert-OH is 1. The van der Waals surface area contributed by atoms with Gasteiger partial charge in [0.1, 0.15) is 0 Å². The third-order valence-corrected chi connectivity index (χ3v) is 5.15. The maximum absolute atomic E-state index is 10.0. The topological polar surface area (TPSA) is 41.9 Å². The van der Waals surface area contributed by atoms with Gasteiger partial charge in [-0.2, -0.15) is 0 Å². The van der Waals surface area contributed by atoms with Crippen LogP contribution in [-0.4, -0.2) is 49.0 Å². The van der Waals surface area contributed by atoms with Gasteiger partial charge in [-0.15, -0.1) is 0 Å². The molecule has 4 nitrogen and oxygen atoms in total. The van der Waals surface area contributed by atoms with Crippen molar-refractivity contribution in [2.45, 2.75) is 50.4 Å². The van der Waals surface area contributed by atoms with Gasteiger partial charge in [-0.1, -0.05) is 18.2 Å². The largest absolute Gasteiger partial charge is 0.493 e. The monoisotopic (exact) mass is 317 g/mol. The van der Waals surface area contributed by atoms with Crippen LogP contribution in [0.25, 0.3) is 0 Å². The van der Waals surface area contributed by atoms with E-state index in [4.69, 9.17) is 9.47 Å². The number of ether oxygens (including phenoxy) is 2. The van der Waals surface area contributed by atoms with E-state index in [1.165, 1.54) is 5.56 Å². The highest BCUT2D eigenvalue weighted by atomic mass is 16.5. The molecule has 3 rings (SSSR count). The fraction of sp³-hybridized carbons (Fsp3) is 0.579. The summed E-state index contributed by atoms with van der Waals surface area (Å²) in [5.41, 5.74) is 1.19. The van der Waals surface area contributed by atoms with Crippen LogP contribution in [0.4, 0.5) is 0 Å². The maximum atomic E-state index is 10.0. The van der Waals surface area contributed by atoms with Crippen LogP contribution in [-0.2, 0) is 5.41 Å². The number of aliphatic hydroxyl groups is 1. The zero-order chi connectivity index (χ0) is 16.6. The van der Waals surface area contributed by atoms with E-state index in [1.807, 2.05) is 26.0 Å². The first kappa shape index (κ1) is 16.3. The van der Waals surface area contributed by atoms with Gasteiger partial charge in [0.05, 0.1) is 19.3 Å². The quantitative estimate of drug-likeness (QED) is 0.867. The molecule has 0 unspecified atom stereocenters. The lowest BCUT2D eigenvalue weighted by molar-refractivity contribution is 0.137. The molecule has 126 valence electrons. The zero-order valence-electron chi connectivity index (χ0n) is 14.5. The SMILES string of the molecule is COc1cc([C@@]23C=C[C@@H](O)C[C@@H]2N(C)CC3)ccc1OC(C)C. The van der Waals surface area contributed by atoms with E-state index in [2.05, 4.69) is 30.2 Å². The average molecular weight is 317 g/mol. The highest BCUT2D eigenvalue weighted by Crippen LogP contribution is 2.47. The molecule has 0 aromatic heterocycles. The first-order valence-electron chi connectivity index (χ1n) is 8.39. The summed E-state index contributed by atoms with van der Waals surface area (Å²) < 4.78 is 11.4. The Bertz CT molecular complexity index is 598. The second-order valence-electron chi connectivity index (χ2n) is 6.98. The molecule has 3 atom stereocenters. The van der Waals surface area contributed by atoms with Crippen LogP contribution >= 0.6 is 0 Å². The van der Waals surface area contributed by atoms with Gasteiger partial charge >= 0.3 is 0 Å². The van der Waals surface area contributed by atoms with Crippen molar-refractivity contribution in [1.82, 2.24) is 4.90 Å². The van der Waals surface area contributed by atoms with Gasteiger partial charge in [0, 0.05) is 11.5 Å². The molecule has 1 heterocycles. The van der Waals surface area contributed by atoms with Crippen LogP contribution in [0.5, 0.6) is 11.5 Å². The minimum atomic E-state index is -0.348. The predicted molar refractivity (Wildman–Crippen MR) is 91.2 cm³/mol. The molecule has 23 heavy (non-hydrogen) atoms. The molecule has 0 saturated carbocycles. The Hall–Kier alpha value is -1.52. The van der Waals surface area contributed by atoms with Crippen LogP contribution in [0.15, 0.2) is 30.4 Å². The molecule has 1 fully saturated rings. The minimum absolute atomic E-state index is 0.0440. The summed E-state index contributed by atoms with van der Waals surface area (Å²) in [6.45, 7) is 5.06. The summed E-state index contributed by atoms with van der Waals surface area (Å²) in [5.74, 6) is 1.56. The number of rotatable bonds is 4. The molecule has 1 aromatic carbocycles. The third-order valence-electron chi connectivity index (χ3n) is 5.15. The van der Waals surface area contributed by atoms with Crippen molar-refractivity contribution < 1.29 is 14.6 Å². The number of benzene rings is 1. The fourth-order valence-corrected chi connectivity index (χ4v) is 3.99. The predicted octanol–water partition coefficient (Wildman–Crippen LogP) is 2.75. The van der Waals surface area contributed by atoms with E-state index in [9.17, 15) is 5.11 Å². The second-order valence-corrected chi connectivity index (χ2v) is 6.98. The Morgan fingerprint density at radius 1 is 1.30 bits per heavy atom. The van der Waals surface area contributed by atoms with Crippen LogP contribution in [0.1, 0.15) is 32.3 Å². The van der Waals surface area contributed by atoms with Crippen LogP contribution < -0.4 is 9.47 Å². The van der Waals surface area contributed by atoms with Crippen LogP contribution in [0, 0.1) is 0 Å². The van der Waals surface area contributed by atoms with Gasteiger partial charge in [-0.05, 0) is 58.0 Å². The van der Waals surface area contributed by atoms with E-state index >= 15 is 0 Å². The molecule has 1 aliphatic carbocycles. The molecule has 0 radical (unpaired) electrons. The minimum Gasteiger partial charge on any atom is -0.493 e. The molecule has 0 bridgehead atoms. The standard InChI is InChI=1S/C19H27NO3/c1-13(2)23-16-6-5-14(11-17(16)22-4)19-8-7-15(21)12-18(19)20(3)10-9-19/h5-8,11,13,15,18,21H,9-10,12H2,1-4H3/t15-,18+,19+/m1/s1. The number of hydrogen-bond acceptors (Lipinski definition) is 4. The fourth-order valence-electron chi connectivity index (χ4n) is 3.99. The lowest BCUT2D eigenvalue weighted by atomic mass is 9.69. The molecule has 1 aliphatic heterocycles. The van der Waals surface area contributed by atoms with Gasteiger partial charge < -0.3 is 19.5 Å². The highest BCUT2D eigenvalue weighted by molar-refractivity contribution is 5.48. The normalized spacial score (nSPS) is 30.5. The number of likely N-dealkylation sites (N-methyl/N-ethyl adjacent to an activating group) is 1. The third kappa shape index (κ3) is 2.86. The van der Waals surface area contributed by atoms with Crippen molar-refractivity contribution in [1.29, 1.82) is 0 Å². The summed E-state index contributed by atoms with van der Waals surface area (Å²) in [6.07, 6.45) is 5.75. The van der Waals surface area contributed by atoms with Gasteiger partial charge in [0.2, 0.25) is 0 Å². The highest BCUT2D eigenvalue weighted by Gasteiger charge is 2.48. The number of nitrogens with zero attached hydrogens (tertiary/aromatic N) is 1. The van der Waals surface area contributed by atoms with Crippen molar-refractivity contribution in [3.05, 3.63) is 35.9 Å². The number of likely N-dealkylation sites (tertiary alicyclic amines) is 1. The first-order valence-corrected chi connectivity index (χ1v) is 8.39. The van der Waals surface area contributed by atoms with E-state index in [0.29, 0.717) is 6.04 Å². The summed E-state index contributed by atoms with van der Waals surface area (Å²) in [6, 6.07) is 6.58. The Kier molecular flexibility index (Phi) is 4.39. The maximum Gasteiger partial charge on any atom is 0.161 e. The molecule has 2 aliphatic rings. The van der Waals surface area contributed by atoms with E-state index < -0.39 is 0 Å². The van der Waals surface area contributed by atoms with Crippen molar-refractivity contribution in [3.63, 3.8) is 0 Å². The smallest absolute Gasteiger partial charge is 0.161 e. The summed E-state index contributed by atoms with van der Waals surface area (Å²) in [5, 5.41) is 10.0. The summed E-state index contributed by atoms with van der Waals surface area (Å²) >= 11 is 0. The van der Waals surface area contributed by atoms with Crippen LogP contribution in [0.2, 0.25) is 0 Å². The molecule has 4 heteroatoms. The van der Waals surface area contributed by atoms with Gasteiger partial charge in [0.25, 0.3) is 0 Å². The number of fused-ring (bicyclic) bond motifs is 1. The molecule has 1 aromatic rings. The lowest BCUT2D eigenvalue weighted by Gasteiger charge is -2.39. The van der Waals surface area contributed by atoms with Gasteiger partial charge in [-0.25, -0.2) is 0 Å². The van der Waals surface area contributed by atoms with E-state index in [1.54, 1.807) is 7.11 Å². The molecule has 0 amide bonds. The number of hydrogen-bond donors (Lipinski definition) is 1. The summed E-state index contributed by atoms with van der Waals surface area (Å²) in [4.78, 5) is 2.36. The zero-order valence-corrected chi connectivity index (χ0v) is 14.5. The molecule has 1 N–H and O–H groups in total. The van der Waals surface area contributed by atoms with Gasteiger partial charge in [0.15, 0.2) is 11.5 Å². The summed E-state index contributed by atoms with van der Waals surface area (Å²) in [7, 11) is 3.83. The molecular formula is C19H27NO3.